The molecule has 0 saturated heterocycles. The summed E-state index contributed by atoms with van der Waals surface area (Å²) >= 11 is 3.49. The van der Waals surface area contributed by atoms with Crippen LogP contribution in [-0.2, 0) is 32.6 Å². The Hall–Kier alpha value is -3.24. The van der Waals surface area contributed by atoms with E-state index in [1.165, 1.54) is 24.3 Å². The van der Waals surface area contributed by atoms with Gasteiger partial charge in [-0.15, -0.1) is 0 Å². The molecule has 0 aliphatic heterocycles. The van der Waals surface area contributed by atoms with Crippen molar-refractivity contribution in [1.82, 2.24) is 10.2 Å². The van der Waals surface area contributed by atoms with Crippen LogP contribution >= 0.6 is 15.9 Å². The Balaban J connectivity index is 1.89. The number of benzene rings is 3. The minimum absolute atomic E-state index is 0.0170. The van der Waals surface area contributed by atoms with Crippen molar-refractivity contribution < 1.29 is 22.4 Å². The first-order chi connectivity index (χ1) is 19.5. The van der Waals surface area contributed by atoms with Gasteiger partial charge in [-0.2, -0.15) is 0 Å². The summed E-state index contributed by atoms with van der Waals surface area (Å²) in [6.45, 7) is 4.14. The average molecular weight is 647 g/mol. The lowest BCUT2D eigenvalue weighted by Crippen LogP contribution is -2.52. The van der Waals surface area contributed by atoms with Crippen LogP contribution in [0.15, 0.2) is 83.3 Å². The molecule has 2 amide bonds. The van der Waals surface area contributed by atoms with Crippen molar-refractivity contribution in [1.29, 1.82) is 0 Å². The molecule has 3 aromatic rings. The Labute approximate surface area is 250 Å². The zero-order valence-electron chi connectivity index (χ0n) is 23.6. The van der Waals surface area contributed by atoms with Gasteiger partial charge in [0.1, 0.15) is 11.9 Å². The van der Waals surface area contributed by atoms with Gasteiger partial charge < -0.3 is 10.2 Å². The third-order valence-corrected chi connectivity index (χ3v) is 8.47. The molecule has 1 N–H and O–H groups in total. The molecule has 7 nitrogen and oxygen atoms in total. The molecule has 3 rings (SSSR count). The highest BCUT2D eigenvalue weighted by molar-refractivity contribution is 9.10. The van der Waals surface area contributed by atoms with Gasteiger partial charge in [0, 0.05) is 36.4 Å². The second kappa shape index (κ2) is 15.1. The Morgan fingerprint density at radius 1 is 0.976 bits per heavy atom. The van der Waals surface area contributed by atoms with E-state index in [2.05, 4.69) is 21.2 Å². The van der Waals surface area contributed by atoms with Crippen molar-refractivity contribution in [3.05, 3.63) is 100 Å². The fourth-order valence-corrected chi connectivity index (χ4v) is 5.85. The van der Waals surface area contributed by atoms with E-state index < -0.39 is 21.9 Å². The van der Waals surface area contributed by atoms with E-state index in [9.17, 15) is 22.4 Å². The number of carbonyl (C=O) groups excluding carboxylic acids is 2. The van der Waals surface area contributed by atoms with Gasteiger partial charge in [0.05, 0.1) is 11.9 Å². The molecule has 0 bridgehead atoms. The topological polar surface area (TPSA) is 86.8 Å². The smallest absolute Gasteiger partial charge is 0.243 e. The van der Waals surface area contributed by atoms with Crippen molar-refractivity contribution >= 4 is 43.5 Å². The summed E-state index contributed by atoms with van der Waals surface area (Å²) in [7, 11) is -3.67. The zero-order valence-corrected chi connectivity index (χ0v) is 26.0. The first kappa shape index (κ1) is 32.3. The number of hydrogen-bond donors (Lipinski definition) is 1. The predicted octanol–water partition coefficient (Wildman–Crippen LogP) is 5.69. The number of nitrogens with one attached hydrogen (secondary N) is 1. The Morgan fingerprint density at radius 3 is 2.24 bits per heavy atom. The summed E-state index contributed by atoms with van der Waals surface area (Å²) in [5.74, 6) is -0.978. The number of sulfonamides is 1. The van der Waals surface area contributed by atoms with Gasteiger partial charge in [-0.05, 0) is 67.3 Å². The fourth-order valence-electron chi connectivity index (χ4n) is 4.44. The van der Waals surface area contributed by atoms with Gasteiger partial charge in [0.25, 0.3) is 0 Å². The van der Waals surface area contributed by atoms with E-state index in [1.54, 1.807) is 4.90 Å². The van der Waals surface area contributed by atoms with Crippen molar-refractivity contribution in [2.45, 2.75) is 58.2 Å². The molecule has 0 unspecified atom stereocenters. The molecule has 2 atom stereocenters. The van der Waals surface area contributed by atoms with Gasteiger partial charge in [0.2, 0.25) is 21.8 Å². The van der Waals surface area contributed by atoms with Gasteiger partial charge in [0.15, 0.2) is 0 Å². The summed E-state index contributed by atoms with van der Waals surface area (Å²) in [6.07, 6.45) is 2.38. The lowest BCUT2D eigenvalue weighted by molar-refractivity contribution is -0.141. The Morgan fingerprint density at radius 2 is 1.63 bits per heavy atom. The summed E-state index contributed by atoms with van der Waals surface area (Å²) in [5, 5.41) is 3.04. The second-order valence-electron chi connectivity index (χ2n) is 10.1. The van der Waals surface area contributed by atoms with E-state index in [1.807, 2.05) is 68.4 Å². The molecule has 0 fully saturated rings. The van der Waals surface area contributed by atoms with Gasteiger partial charge in [-0.1, -0.05) is 65.3 Å². The standard InChI is InChI=1S/C31H37BrFN3O4S/c1-4-23(2)34-31(38)29(21-24-10-6-5-7-11-24)35(22-25-12-8-13-26(32)20-25)30(37)14-9-19-36(41(3,39)40)28-17-15-27(33)16-18-28/h5-8,10-13,15-18,20,23,29H,4,9,14,19,21-22H2,1-3H3,(H,34,38)/t23-,29-/m0/s1. The molecule has 0 spiro atoms. The first-order valence-corrected chi connectivity index (χ1v) is 16.2. The van der Waals surface area contributed by atoms with Gasteiger partial charge >= 0.3 is 0 Å². The molecular formula is C31H37BrFN3O4S. The highest BCUT2D eigenvalue weighted by atomic mass is 79.9. The van der Waals surface area contributed by atoms with E-state index in [4.69, 9.17) is 0 Å². The number of nitrogens with zero attached hydrogens (tertiary/aromatic N) is 2. The normalized spacial score (nSPS) is 12.8. The minimum Gasteiger partial charge on any atom is -0.352 e. The van der Waals surface area contributed by atoms with Crippen LogP contribution in [0.5, 0.6) is 0 Å². The number of anilines is 1. The van der Waals surface area contributed by atoms with Crippen LogP contribution in [0.2, 0.25) is 0 Å². The average Bonchev–Trinajstić information content (AvgIpc) is 2.93. The predicted molar refractivity (Wildman–Crippen MR) is 164 cm³/mol. The summed E-state index contributed by atoms with van der Waals surface area (Å²) in [5.41, 5.74) is 2.09. The van der Waals surface area contributed by atoms with E-state index in [-0.39, 0.29) is 43.8 Å². The van der Waals surface area contributed by atoms with Gasteiger partial charge in [-0.25, -0.2) is 12.8 Å². The van der Waals surface area contributed by atoms with Crippen LogP contribution in [0.3, 0.4) is 0 Å². The lowest BCUT2D eigenvalue weighted by atomic mass is 10.0. The van der Waals surface area contributed by atoms with Crippen LogP contribution in [-0.4, -0.2) is 50.0 Å². The van der Waals surface area contributed by atoms with Crippen molar-refractivity contribution in [3.8, 4) is 0 Å². The van der Waals surface area contributed by atoms with Crippen LogP contribution < -0.4 is 9.62 Å². The number of hydrogen-bond acceptors (Lipinski definition) is 4. The molecule has 0 heterocycles. The summed E-state index contributed by atoms with van der Waals surface area (Å²) in [4.78, 5) is 29.1. The van der Waals surface area contributed by atoms with Crippen LogP contribution in [0.4, 0.5) is 10.1 Å². The molecule has 0 saturated carbocycles. The molecule has 3 aromatic carbocycles. The van der Waals surface area contributed by atoms with E-state index >= 15 is 0 Å². The maximum atomic E-state index is 13.9. The van der Waals surface area contributed by atoms with E-state index in [0.29, 0.717) is 12.1 Å². The second-order valence-corrected chi connectivity index (χ2v) is 12.9. The third-order valence-electron chi connectivity index (χ3n) is 6.78. The van der Waals surface area contributed by atoms with Crippen molar-refractivity contribution in [3.63, 3.8) is 0 Å². The Bertz CT molecular complexity index is 1400. The molecule has 0 radical (unpaired) electrons. The highest BCUT2D eigenvalue weighted by Gasteiger charge is 2.31. The maximum Gasteiger partial charge on any atom is 0.243 e. The number of halogens is 2. The minimum atomic E-state index is -3.67. The molecule has 41 heavy (non-hydrogen) atoms. The first-order valence-electron chi connectivity index (χ1n) is 13.6. The van der Waals surface area contributed by atoms with Gasteiger partial charge in [-0.3, -0.25) is 13.9 Å². The summed E-state index contributed by atoms with van der Waals surface area (Å²) in [6, 6.07) is 21.5. The molecule has 0 aliphatic carbocycles. The molecule has 10 heteroatoms. The highest BCUT2D eigenvalue weighted by Crippen LogP contribution is 2.21. The molecular weight excluding hydrogens is 609 g/mol. The Kier molecular flexibility index (Phi) is 11.9. The zero-order chi connectivity index (χ0) is 30.0. The molecule has 220 valence electrons. The van der Waals surface area contributed by atoms with E-state index in [0.717, 1.165) is 32.6 Å². The maximum absolute atomic E-state index is 13.9. The van der Waals surface area contributed by atoms with Crippen LogP contribution in [0.1, 0.15) is 44.2 Å². The third kappa shape index (κ3) is 9.97. The molecule has 0 aliphatic rings. The van der Waals surface area contributed by atoms with Crippen molar-refractivity contribution in [2.75, 3.05) is 17.1 Å². The number of carbonyl (C=O) groups is 2. The van der Waals surface area contributed by atoms with Crippen LogP contribution in [0, 0.1) is 5.82 Å². The SMILES string of the molecule is CC[C@H](C)NC(=O)[C@H](Cc1ccccc1)N(Cc1cccc(Br)c1)C(=O)CCCN(c1ccc(F)cc1)S(C)(=O)=O. The summed E-state index contributed by atoms with van der Waals surface area (Å²) < 4.78 is 40.5. The number of rotatable bonds is 14. The van der Waals surface area contributed by atoms with Crippen LogP contribution in [0.25, 0.3) is 0 Å². The number of amides is 2. The monoisotopic (exact) mass is 645 g/mol. The lowest BCUT2D eigenvalue weighted by Gasteiger charge is -2.32. The quantitative estimate of drug-likeness (QED) is 0.244. The van der Waals surface area contributed by atoms with Crippen molar-refractivity contribution in [2.24, 2.45) is 0 Å². The fraction of sp³-hybridized carbons (Fsp3) is 0.355. The molecule has 0 aromatic heterocycles. The largest absolute Gasteiger partial charge is 0.352 e.